The van der Waals surface area contributed by atoms with Crippen molar-refractivity contribution in [2.24, 2.45) is 0 Å². The zero-order valence-electron chi connectivity index (χ0n) is 13.6. The van der Waals surface area contributed by atoms with Gasteiger partial charge in [-0.3, -0.25) is 0 Å². The topological polar surface area (TPSA) is 9.23 Å². The SMILES string of the molecule is C=C/C=C\C=C(/C=C)C1Oc2ccccc2C=C1c1ccccc1. The quantitative estimate of drug-likeness (QED) is 0.630. The maximum absolute atomic E-state index is 6.32. The van der Waals surface area contributed by atoms with Gasteiger partial charge in [-0.1, -0.05) is 92.1 Å². The van der Waals surface area contributed by atoms with Crippen LogP contribution in [0.5, 0.6) is 5.75 Å². The predicted molar refractivity (Wildman–Crippen MR) is 103 cm³/mol. The molecule has 0 N–H and O–H groups in total. The van der Waals surface area contributed by atoms with Crippen molar-refractivity contribution in [3.63, 3.8) is 0 Å². The summed E-state index contributed by atoms with van der Waals surface area (Å²) in [5.74, 6) is 0.891. The zero-order valence-corrected chi connectivity index (χ0v) is 13.6. The third-order valence-electron chi connectivity index (χ3n) is 3.94. The summed E-state index contributed by atoms with van der Waals surface area (Å²) in [5, 5.41) is 0. The normalized spacial score (nSPS) is 16.9. The third-order valence-corrected chi connectivity index (χ3v) is 3.94. The maximum Gasteiger partial charge on any atom is 0.149 e. The monoisotopic (exact) mass is 312 g/mol. The molecule has 0 saturated carbocycles. The van der Waals surface area contributed by atoms with Crippen molar-refractivity contribution < 1.29 is 4.74 Å². The lowest BCUT2D eigenvalue weighted by atomic mass is 9.90. The second-order valence-electron chi connectivity index (χ2n) is 5.49. The van der Waals surface area contributed by atoms with Gasteiger partial charge in [0.25, 0.3) is 0 Å². The number of ether oxygens (including phenoxy) is 1. The van der Waals surface area contributed by atoms with Gasteiger partial charge >= 0.3 is 0 Å². The molecule has 0 radical (unpaired) electrons. The van der Waals surface area contributed by atoms with E-state index in [1.165, 1.54) is 0 Å². The van der Waals surface area contributed by atoms with Crippen molar-refractivity contribution in [1.29, 1.82) is 0 Å². The number of allylic oxidation sites excluding steroid dienone is 4. The smallest absolute Gasteiger partial charge is 0.149 e. The minimum atomic E-state index is -0.186. The molecule has 1 unspecified atom stereocenters. The highest BCUT2D eigenvalue weighted by atomic mass is 16.5. The molecule has 1 heteroatoms. The van der Waals surface area contributed by atoms with E-state index in [-0.39, 0.29) is 6.10 Å². The summed E-state index contributed by atoms with van der Waals surface area (Å²) >= 11 is 0. The van der Waals surface area contributed by atoms with Crippen LogP contribution in [0.4, 0.5) is 0 Å². The van der Waals surface area contributed by atoms with Crippen molar-refractivity contribution in [3.05, 3.63) is 115 Å². The van der Waals surface area contributed by atoms with Crippen LogP contribution >= 0.6 is 0 Å². The molecule has 24 heavy (non-hydrogen) atoms. The summed E-state index contributed by atoms with van der Waals surface area (Å²) in [6.07, 6.45) is 11.5. The molecular weight excluding hydrogens is 292 g/mol. The van der Waals surface area contributed by atoms with Crippen molar-refractivity contribution in [3.8, 4) is 5.75 Å². The molecule has 0 spiro atoms. The Balaban J connectivity index is 2.10. The van der Waals surface area contributed by atoms with Gasteiger partial charge in [-0.2, -0.15) is 0 Å². The molecule has 0 aromatic heterocycles. The van der Waals surface area contributed by atoms with Gasteiger partial charge in [-0.15, -0.1) is 0 Å². The molecular formula is C23H20O. The summed E-state index contributed by atoms with van der Waals surface area (Å²) in [6, 6.07) is 18.4. The molecule has 118 valence electrons. The van der Waals surface area contributed by atoms with Crippen LogP contribution in [0.15, 0.2) is 104 Å². The molecule has 1 atom stereocenters. The zero-order chi connectivity index (χ0) is 16.8. The van der Waals surface area contributed by atoms with E-state index in [0.717, 1.165) is 28.0 Å². The van der Waals surface area contributed by atoms with Crippen LogP contribution in [-0.4, -0.2) is 6.10 Å². The molecule has 0 amide bonds. The average molecular weight is 312 g/mol. The summed E-state index contributed by atoms with van der Waals surface area (Å²) in [7, 11) is 0. The Kier molecular flexibility index (Phi) is 4.93. The Morgan fingerprint density at radius 3 is 2.42 bits per heavy atom. The molecule has 1 heterocycles. The van der Waals surface area contributed by atoms with Crippen LogP contribution in [0, 0.1) is 0 Å². The van der Waals surface area contributed by atoms with E-state index < -0.39 is 0 Å². The lowest BCUT2D eigenvalue weighted by Crippen LogP contribution is -2.23. The highest BCUT2D eigenvalue weighted by molar-refractivity contribution is 5.89. The minimum absolute atomic E-state index is 0.186. The fourth-order valence-electron chi connectivity index (χ4n) is 2.76. The van der Waals surface area contributed by atoms with E-state index in [4.69, 9.17) is 4.74 Å². The van der Waals surface area contributed by atoms with Gasteiger partial charge in [0.15, 0.2) is 0 Å². The van der Waals surface area contributed by atoms with Gasteiger partial charge < -0.3 is 4.74 Å². The lowest BCUT2D eigenvalue weighted by molar-refractivity contribution is 0.293. The van der Waals surface area contributed by atoms with Crippen LogP contribution in [-0.2, 0) is 0 Å². The van der Waals surface area contributed by atoms with Gasteiger partial charge in [0, 0.05) is 11.1 Å². The molecule has 3 rings (SSSR count). The molecule has 1 aliphatic rings. The van der Waals surface area contributed by atoms with E-state index in [1.807, 2.05) is 60.7 Å². The van der Waals surface area contributed by atoms with Crippen molar-refractivity contribution in [2.75, 3.05) is 0 Å². The molecule has 1 aliphatic heterocycles. The fourth-order valence-corrected chi connectivity index (χ4v) is 2.76. The third kappa shape index (κ3) is 3.31. The Bertz CT molecular complexity index is 822. The van der Waals surface area contributed by atoms with E-state index in [2.05, 4.69) is 37.4 Å². The van der Waals surface area contributed by atoms with E-state index in [9.17, 15) is 0 Å². The first-order valence-corrected chi connectivity index (χ1v) is 7.98. The number of rotatable bonds is 5. The fraction of sp³-hybridized carbons (Fsp3) is 0.0435. The van der Waals surface area contributed by atoms with Gasteiger partial charge in [0.05, 0.1) is 0 Å². The summed E-state index contributed by atoms with van der Waals surface area (Å²) < 4.78 is 6.32. The standard InChI is InChI=1S/C23H20O/c1-3-5-7-12-18(4-2)23-21(19-13-8-6-9-14-19)17-20-15-10-11-16-22(20)24-23/h3-17,23H,1-2H2/b7-5-,18-12+. The Labute approximate surface area is 143 Å². The second-order valence-corrected chi connectivity index (χ2v) is 5.49. The summed E-state index contributed by atoms with van der Waals surface area (Å²) in [6.45, 7) is 7.67. The lowest BCUT2D eigenvalue weighted by Gasteiger charge is -2.28. The molecule has 2 aromatic carbocycles. The summed E-state index contributed by atoms with van der Waals surface area (Å²) in [5.41, 5.74) is 4.39. The molecule has 0 saturated heterocycles. The molecule has 1 nitrogen and oxygen atoms in total. The molecule has 0 fully saturated rings. The summed E-state index contributed by atoms with van der Waals surface area (Å²) in [4.78, 5) is 0. The number of hydrogen-bond acceptors (Lipinski definition) is 1. The number of fused-ring (bicyclic) bond motifs is 1. The largest absolute Gasteiger partial charge is 0.480 e. The number of hydrogen-bond donors (Lipinski definition) is 0. The van der Waals surface area contributed by atoms with Crippen LogP contribution in [0.3, 0.4) is 0 Å². The number of benzene rings is 2. The van der Waals surface area contributed by atoms with Crippen LogP contribution in [0.25, 0.3) is 11.6 Å². The first-order chi connectivity index (χ1) is 11.8. The van der Waals surface area contributed by atoms with E-state index in [0.29, 0.717) is 0 Å². The van der Waals surface area contributed by atoms with Gasteiger partial charge in [-0.05, 0) is 23.3 Å². The van der Waals surface area contributed by atoms with Crippen molar-refractivity contribution >= 4 is 11.6 Å². The minimum Gasteiger partial charge on any atom is -0.480 e. The number of para-hydroxylation sites is 1. The Morgan fingerprint density at radius 2 is 1.67 bits per heavy atom. The first-order valence-electron chi connectivity index (χ1n) is 7.98. The van der Waals surface area contributed by atoms with Crippen molar-refractivity contribution in [1.82, 2.24) is 0 Å². The highest BCUT2D eigenvalue weighted by Gasteiger charge is 2.25. The van der Waals surface area contributed by atoms with E-state index >= 15 is 0 Å². The van der Waals surface area contributed by atoms with Crippen molar-refractivity contribution in [2.45, 2.75) is 6.10 Å². The van der Waals surface area contributed by atoms with Crippen LogP contribution in [0.1, 0.15) is 11.1 Å². The first kappa shape index (κ1) is 15.8. The predicted octanol–water partition coefficient (Wildman–Crippen LogP) is 5.84. The second kappa shape index (κ2) is 7.47. The highest BCUT2D eigenvalue weighted by Crippen LogP contribution is 2.37. The molecule has 0 bridgehead atoms. The average Bonchev–Trinajstić information content (AvgIpc) is 2.65. The van der Waals surface area contributed by atoms with Gasteiger partial charge in [0.1, 0.15) is 11.9 Å². The van der Waals surface area contributed by atoms with Gasteiger partial charge in [0.2, 0.25) is 0 Å². The van der Waals surface area contributed by atoms with E-state index in [1.54, 1.807) is 6.08 Å². The Morgan fingerprint density at radius 1 is 0.917 bits per heavy atom. The van der Waals surface area contributed by atoms with Crippen LogP contribution in [0.2, 0.25) is 0 Å². The molecule has 0 aliphatic carbocycles. The Hall–Kier alpha value is -3.06. The maximum atomic E-state index is 6.32. The van der Waals surface area contributed by atoms with Gasteiger partial charge in [-0.25, -0.2) is 0 Å². The van der Waals surface area contributed by atoms with Crippen LogP contribution < -0.4 is 4.74 Å². The molecule has 2 aromatic rings.